The molecule has 0 saturated heterocycles. The highest BCUT2D eigenvalue weighted by molar-refractivity contribution is 5.76. The topological polar surface area (TPSA) is 12.0 Å². The monoisotopic (exact) mass is 170 g/mol. The molecule has 0 bridgehead atoms. The van der Waals surface area contributed by atoms with Gasteiger partial charge in [0.1, 0.15) is 0 Å². The van der Waals surface area contributed by atoms with E-state index in [4.69, 9.17) is 0 Å². The standard InChI is InChI=1S/C12H12N/c1-10-9-12(7-8-13-10)11-5-3-2-4-6-11/h2-9,13H,1H3. The fourth-order valence-electron chi connectivity index (χ4n) is 1.40. The highest BCUT2D eigenvalue weighted by Gasteiger charge is 2.04. The molecule has 1 radical (unpaired) electrons. The van der Waals surface area contributed by atoms with Crippen LogP contribution in [0.25, 0.3) is 5.57 Å². The minimum absolute atomic E-state index is 1.18. The average molecular weight is 170 g/mol. The van der Waals surface area contributed by atoms with Crippen molar-refractivity contribution in [2.45, 2.75) is 6.92 Å². The summed E-state index contributed by atoms with van der Waals surface area (Å²) in [6.07, 6.45) is 6.20. The van der Waals surface area contributed by atoms with E-state index in [9.17, 15) is 0 Å². The second kappa shape index (κ2) is 3.48. The van der Waals surface area contributed by atoms with Gasteiger partial charge in [-0.3, -0.25) is 0 Å². The summed E-state index contributed by atoms with van der Waals surface area (Å²) in [6.45, 7) is 2.06. The molecule has 1 nitrogen and oxygen atoms in total. The Bertz CT molecular complexity index is 335. The van der Waals surface area contributed by atoms with Crippen LogP contribution in [0.1, 0.15) is 12.5 Å². The quantitative estimate of drug-likeness (QED) is 0.683. The zero-order valence-corrected chi connectivity index (χ0v) is 7.62. The molecule has 1 heteroatoms. The van der Waals surface area contributed by atoms with Gasteiger partial charge >= 0.3 is 0 Å². The Labute approximate surface area is 78.8 Å². The van der Waals surface area contributed by atoms with Crippen molar-refractivity contribution in [1.29, 1.82) is 0 Å². The van der Waals surface area contributed by atoms with Crippen LogP contribution in [0.2, 0.25) is 0 Å². The lowest BCUT2D eigenvalue weighted by atomic mass is 10.0. The average Bonchev–Trinajstić information content (AvgIpc) is 2.19. The van der Waals surface area contributed by atoms with Crippen LogP contribution in [0.15, 0.2) is 48.7 Å². The van der Waals surface area contributed by atoms with E-state index in [0.29, 0.717) is 0 Å². The van der Waals surface area contributed by atoms with Crippen molar-refractivity contribution < 1.29 is 0 Å². The Morgan fingerprint density at radius 3 is 2.54 bits per heavy atom. The third-order valence-electron chi connectivity index (χ3n) is 2.05. The van der Waals surface area contributed by atoms with Crippen LogP contribution in [0, 0.1) is 6.04 Å². The number of rotatable bonds is 1. The number of hydrogen-bond acceptors (Lipinski definition) is 1. The van der Waals surface area contributed by atoms with Crippen molar-refractivity contribution in [1.82, 2.24) is 5.32 Å². The zero-order valence-electron chi connectivity index (χ0n) is 7.62. The van der Waals surface area contributed by atoms with Gasteiger partial charge in [0.05, 0.1) is 6.04 Å². The summed E-state index contributed by atoms with van der Waals surface area (Å²) < 4.78 is 0. The van der Waals surface area contributed by atoms with Gasteiger partial charge in [-0.2, -0.15) is 0 Å². The largest absolute Gasteiger partial charge is 0.380 e. The van der Waals surface area contributed by atoms with E-state index in [2.05, 4.69) is 48.7 Å². The molecule has 1 aromatic carbocycles. The lowest BCUT2D eigenvalue weighted by Crippen LogP contribution is -2.12. The normalized spacial score (nSPS) is 16.5. The van der Waals surface area contributed by atoms with Gasteiger partial charge in [0.15, 0.2) is 0 Å². The van der Waals surface area contributed by atoms with Gasteiger partial charge < -0.3 is 5.32 Å². The van der Waals surface area contributed by atoms with Crippen LogP contribution < -0.4 is 5.32 Å². The van der Waals surface area contributed by atoms with Gasteiger partial charge in [0.25, 0.3) is 0 Å². The Hall–Kier alpha value is -1.50. The minimum atomic E-state index is 1.18. The summed E-state index contributed by atoms with van der Waals surface area (Å²) in [4.78, 5) is 0. The maximum atomic E-state index is 3.14. The fraction of sp³-hybridized carbons (Fsp3) is 0.0833. The molecular formula is C12H12N. The first-order valence-corrected chi connectivity index (χ1v) is 4.40. The SMILES string of the molecule is C[C]1C=C(c2ccccc2)C=CN1. The van der Waals surface area contributed by atoms with E-state index in [1.165, 1.54) is 17.2 Å². The van der Waals surface area contributed by atoms with E-state index in [0.717, 1.165) is 0 Å². The van der Waals surface area contributed by atoms with Crippen LogP contribution in [0.5, 0.6) is 0 Å². The molecule has 2 rings (SSSR count). The Kier molecular flexibility index (Phi) is 2.17. The number of allylic oxidation sites excluding steroid dienone is 2. The van der Waals surface area contributed by atoms with Crippen LogP contribution in [-0.4, -0.2) is 0 Å². The first-order chi connectivity index (χ1) is 6.36. The minimum Gasteiger partial charge on any atom is -0.380 e. The van der Waals surface area contributed by atoms with Crippen LogP contribution >= 0.6 is 0 Å². The van der Waals surface area contributed by atoms with Gasteiger partial charge in [0, 0.05) is 0 Å². The fourth-order valence-corrected chi connectivity index (χ4v) is 1.40. The molecule has 0 unspecified atom stereocenters. The van der Waals surface area contributed by atoms with Gasteiger partial charge in [-0.1, -0.05) is 30.3 Å². The van der Waals surface area contributed by atoms with Crippen molar-refractivity contribution in [2.75, 3.05) is 0 Å². The predicted molar refractivity (Wildman–Crippen MR) is 55.6 cm³/mol. The molecule has 0 aliphatic carbocycles. The van der Waals surface area contributed by atoms with Gasteiger partial charge in [-0.15, -0.1) is 0 Å². The zero-order chi connectivity index (χ0) is 9.10. The summed E-state index contributed by atoms with van der Waals surface area (Å²) in [5.41, 5.74) is 2.52. The molecule has 1 N–H and O–H groups in total. The van der Waals surface area contributed by atoms with Crippen molar-refractivity contribution in [3.63, 3.8) is 0 Å². The first-order valence-electron chi connectivity index (χ1n) is 4.40. The molecule has 1 heterocycles. The summed E-state index contributed by atoms with van der Waals surface area (Å²) in [5.74, 6) is 0. The summed E-state index contributed by atoms with van der Waals surface area (Å²) in [6, 6.07) is 11.6. The third-order valence-corrected chi connectivity index (χ3v) is 2.05. The highest BCUT2D eigenvalue weighted by Crippen LogP contribution is 2.20. The van der Waals surface area contributed by atoms with E-state index >= 15 is 0 Å². The van der Waals surface area contributed by atoms with Crippen molar-refractivity contribution in [3.05, 3.63) is 60.3 Å². The number of dihydropyridines is 1. The number of hydrogen-bond donors (Lipinski definition) is 1. The molecular weight excluding hydrogens is 158 g/mol. The van der Waals surface area contributed by atoms with Crippen LogP contribution in [0.3, 0.4) is 0 Å². The Balaban J connectivity index is 2.32. The smallest absolute Gasteiger partial charge is 0.0795 e. The van der Waals surface area contributed by atoms with Crippen LogP contribution in [-0.2, 0) is 0 Å². The molecule has 1 aliphatic heterocycles. The summed E-state index contributed by atoms with van der Waals surface area (Å²) in [7, 11) is 0. The van der Waals surface area contributed by atoms with Crippen molar-refractivity contribution in [2.24, 2.45) is 0 Å². The van der Waals surface area contributed by atoms with E-state index in [1.54, 1.807) is 0 Å². The predicted octanol–water partition coefficient (Wildman–Crippen LogP) is 2.74. The molecule has 13 heavy (non-hydrogen) atoms. The van der Waals surface area contributed by atoms with Gasteiger partial charge in [-0.25, -0.2) is 0 Å². The molecule has 0 aromatic heterocycles. The number of nitrogens with one attached hydrogen (secondary N) is 1. The lowest BCUT2D eigenvalue weighted by molar-refractivity contribution is 0.931. The van der Waals surface area contributed by atoms with Crippen molar-refractivity contribution >= 4 is 5.57 Å². The molecule has 1 aromatic rings. The number of benzene rings is 1. The molecule has 0 amide bonds. The molecule has 0 fully saturated rings. The van der Waals surface area contributed by atoms with E-state index < -0.39 is 0 Å². The second-order valence-corrected chi connectivity index (χ2v) is 3.13. The molecule has 0 spiro atoms. The van der Waals surface area contributed by atoms with Crippen molar-refractivity contribution in [3.8, 4) is 0 Å². The van der Waals surface area contributed by atoms with E-state index in [1.807, 2.05) is 12.3 Å². The Morgan fingerprint density at radius 1 is 1.08 bits per heavy atom. The summed E-state index contributed by atoms with van der Waals surface area (Å²) in [5, 5.41) is 3.14. The first kappa shape index (κ1) is 8.11. The molecule has 0 atom stereocenters. The molecule has 65 valence electrons. The third kappa shape index (κ3) is 1.81. The summed E-state index contributed by atoms with van der Waals surface area (Å²) >= 11 is 0. The second-order valence-electron chi connectivity index (χ2n) is 3.13. The Morgan fingerprint density at radius 2 is 1.85 bits per heavy atom. The maximum absolute atomic E-state index is 3.14. The molecule has 1 aliphatic rings. The van der Waals surface area contributed by atoms with Crippen LogP contribution in [0.4, 0.5) is 0 Å². The van der Waals surface area contributed by atoms with Gasteiger partial charge in [-0.05, 0) is 36.4 Å². The maximum Gasteiger partial charge on any atom is 0.0795 e. The van der Waals surface area contributed by atoms with E-state index in [-0.39, 0.29) is 0 Å². The molecule has 0 saturated carbocycles. The van der Waals surface area contributed by atoms with Gasteiger partial charge in [0.2, 0.25) is 0 Å². The highest BCUT2D eigenvalue weighted by atomic mass is 14.9. The lowest BCUT2D eigenvalue weighted by Gasteiger charge is -2.13.